The molecular formula is C15H13N3. The lowest BCUT2D eigenvalue weighted by Gasteiger charge is -2.06. The Balaban J connectivity index is 2.18. The monoisotopic (exact) mass is 235 g/mol. The molecule has 0 fully saturated rings. The van der Waals surface area contributed by atoms with Gasteiger partial charge in [0.1, 0.15) is 6.33 Å². The molecule has 0 bridgehead atoms. The fourth-order valence-corrected chi connectivity index (χ4v) is 2.13. The maximum Gasteiger partial charge on any atom is 0.115 e. The molecule has 0 amide bonds. The van der Waals surface area contributed by atoms with Crippen LogP contribution in [0.3, 0.4) is 0 Å². The summed E-state index contributed by atoms with van der Waals surface area (Å²) in [6.07, 6.45) is 8.05. The van der Waals surface area contributed by atoms with Gasteiger partial charge >= 0.3 is 0 Å². The van der Waals surface area contributed by atoms with Gasteiger partial charge in [-0.1, -0.05) is 25.1 Å². The Morgan fingerprint density at radius 1 is 1.06 bits per heavy atom. The van der Waals surface area contributed by atoms with Gasteiger partial charge in [0.05, 0.1) is 5.69 Å². The topological polar surface area (TPSA) is 38.7 Å². The van der Waals surface area contributed by atoms with Crippen LogP contribution in [-0.4, -0.2) is 15.0 Å². The van der Waals surface area contributed by atoms with Gasteiger partial charge in [0.2, 0.25) is 0 Å². The van der Waals surface area contributed by atoms with E-state index in [1.165, 1.54) is 22.7 Å². The molecule has 3 rings (SSSR count). The van der Waals surface area contributed by atoms with Crippen LogP contribution < -0.4 is 0 Å². The van der Waals surface area contributed by atoms with Crippen LogP contribution in [-0.2, 0) is 6.42 Å². The largest absolute Gasteiger partial charge is 0.255 e. The predicted octanol–water partition coefficient (Wildman–Crippen LogP) is 3.25. The minimum absolute atomic E-state index is 0.913. The van der Waals surface area contributed by atoms with E-state index in [0.29, 0.717) is 0 Å². The summed E-state index contributed by atoms with van der Waals surface area (Å²) in [6, 6.07) is 8.44. The second-order valence-electron chi connectivity index (χ2n) is 4.19. The number of hydrogen-bond donors (Lipinski definition) is 0. The van der Waals surface area contributed by atoms with Crippen molar-refractivity contribution in [3.63, 3.8) is 0 Å². The first-order chi connectivity index (χ1) is 8.88. The van der Waals surface area contributed by atoms with E-state index in [-0.39, 0.29) is 0 Å². The molecule has 0 spiro atoms. The van der Waals surface area contributed by atoms with Crippen LogP contribution in [0.1, 0.15) is 12.5 Å². The lowest BCUT2D eigenvalue weighted by Crippen LogP contribution is -1.89. The van der Waals surface area contributed by atoms with Crippen molar-refractivity contribution in [1.29, 1.82) is 0 Å². The number of aryl methyl sites for hydroxylation is 1. The molecule has 0 radical (unpaired) electrons. The molecule has 0 N–H and O–H groups in total. The molecule has 0 saturated heterocycles. The molecular weight excluding hydrogens is 222 g/mol. The average Bonchev–Trinajstić information content (AvgIpc) is 2.47. The summed E-state index contributed by atoms with van der Waals surface area (Å²) in [5.74, 6) is 0. The van der Waals surface area contributed by atoms with Crippen molar-refractivity contribution in [2.24, 2.45) is 0 Å². The highest BCUT2D eigenvalue weighted by molar-refractivity contribution is 5.87. The van der Waals surface area contributed by atoms with Crippen LogP contribution in [0.5, 0.6) is 0 Å². The number of nitrogens with zero attached hydrogens (tertiary/aromatic N) is 3. The van der Waals surface area contributed by atoms with E-state index in [2.05, 4.69) is 46.1 Å². The van der Waals surface area contributed by atoms with Gasteiger partial charge in [0.15, 0.2) is 0 Å². The summed E-state index contributed by atoms with van der Waals surface area (Å²) >= 11 is 0. The SMILES string of the molecule is CCc1cccc2cc(-c3cncnc3)ncc12. The standard InChI is InChI=1S/C15H13N3/c1-2-11-4-3-5-12-6-15(18-9-14(11)12)13-7-16-10-17-8-13/h3-10H,2H2,1H3. The normalized spacial score (nSPS) is 10.7. The summed E-state index contributed by atoms with van der Waals surface area (Å²) in [5.41, 5.74) is 3.19. The van der Waals surface area contributed by atoms with Crippen LogP contribution in [0.4, 0.5) is 0 Å². The molecule has 0 aliphatic heterocycles. The van der Waals surface area contributed by atoms with Crippen molar-refractivity contribution in [2.75, 3.05) is 0 Å². The van der Waals surface area contributed by atoms with E-state index in [9.17, 15) is 0 Å². The van der Waals surface area contributed by atoms with Crippen molar-refractivity contribution in [2.45, 2.75) is 13.3 Å². The van der Waals surface area contributed by atoms with Gasteiger partial charge in [-0.05, 0) is 23.4 Å². The number of aromatic nitrogens is 3. The van der Waals surface area contributed by atoms with Crippen molar-refractivity contribution in [1.82, 2.24) is 15.0 Å². The maximum atomic E-state index is 4.51. The Bertz CT molecular complexity index is 678. The predicted molar refractivity (Wildman–Crippen MR) is 72.1 cm³/mol. The third kappa shape index (κ3) is 1.84. The zero-order valence-corrected chi connectivity index (χ0v) is 10.2. The highest BCUT2D eigenvalue weighted by Gasteiger charge is 2.03. The maximum absolute atomic E-state index is 4.51. The summed E-state index contributed by atoms with van der Waals surface area (Å²) in [5, 5.41) is 2.43. The molecule has 0 saturated carbocycles. The first kappa shape index (κ1) is 10.8. The number of rotatable bonds is 2. The van der Waals surface area contributed by atoms with Gasteiger partial charge in [-0.25, -0.2) is 9.97 Å². The Hall–Kier alpha value is -2.29. The number of fused-ring (bicyclic) bond motifs is 1. The second-order valence-corrected chi connectivity index (χ2v) is 4.19. The lowest BCUT2D eigenvalue weighted by atomic mass is 10.0. The summed E-state index contributed by atoms with van der Waals surface area (Å²) in [6.45, 7) is 2.16. The molecule has 2 aromatic heterocycles. The molecule has 0 atom stereocenters. The van der Waals surface area contributed by atoms with Crippen molar-refractivity contribution < 1.29 is 0 Å². The smallest absolute Gasteiger partial charge is 0.115 e. The summed E-state index contributed by atoms with van der Waals surface area (Å²) in [7, 11) is 0. The third-order valence-corrected chi connectivity index (χ3v) is 3.09. The summed E-state index contributed by atoms with van der Waals surface area (Å²) < 4.78 is 0. The highest BCUT2D eigenvalue weighted by Crippen LogP contribution is 2.23. The molecule has 0 aliphatic carbocycles. The fraction of sp³-hybridized carbons (Fsp3) is 0.133. The van der Waals surface area contributed by atoms with E-state index < -0.39 is 0 Å². The Labute approximate surface area is 106 Å². The van der Waals surface area contributed by atoms with Gasteiger partial charge in [-0.15, -0.1) is 0 Å². The average molecular weight is 235 g/mol. The molecule has 0 aliphatic rings. The molecule has 2 heterocycles. The van der Waals surface area contributed by atoms with E-state index in [1.54, 1.807) is 12.4 Å². The van der Waals surface area contributed by atoms with Crippen LogP contribution in [0, 0.1) is 0 Å². The van der Waals surface area contributed by atoms with Gasteiger partial charge in [-0.2, -0.15) is 0 Å². The van der Waals surface area contributed by atoms with Crippen molar-refractivity contribution in [3.05, 3.63) is 54.7 Å². The highest BCUT2D eigenvalue weighted by atomic mass is 14.8. The molecule has 3 heteroatoms. The van der Waals surface area contributed by atoms with Gasteiger partial charge in [-0.3, -0.25) is 4.98 Å². The number of pyridine rings is 1. The van der Waals surface area contributed by atoms with E-state index in [1.807, 2.05) is 6.20 Å². The number of benzene rings is 1. The quantitative estimate of drug-likeness (QED) is 0.684. The van der Waals surface area contributed by atoms with Crippen LogP contribution in [0.2, 0.25) is 0 Å². The third-order valence-electron chi connectivity index (χ3n) is 3.09. The number of hydrogen-bond acceptors (Lipinski definition) is 3. The Morgan fingerprint density at radius 3 is 2.67 bits per heavy atom. The molecule has 1 aromatic carbocycles. The second kappa shape index (κ2) is 4.53. The van der Waals surface area contributed by atoms with Gasteiger partial charge in [0.25, 0.3) is 0 Å². The first-order valence-corrected chi connectivity index (χ1v) is 6.01. The van der Waals surface area contributed by atoms with Crippen LogP contribution in [0.25, 0.3) is 22.0 Å². The minimum Gasteiger partial charge on any atom is -0.255 e. The Kier molecular flexibility index (Phi) is 2.73. The van der Waals surface area contributed by atoms with Crippen LogP contribution >= 0.6 is 0 Å². The molecule has 88 valence electrons. The van der Waals surface area contributed by atoms with Gasteiger partial charge in [0, 0.05) is 29.5 Å². The minimum atomic E-state index is 0.913. The summed E-state index contributed by atoms with van der Waals surface area (Å²) in [4.78, 5) is 12.6. The van der Waals surface area contributed by atoms with Crippen molar-refractivity contribution in [3.8, 4) is 11.3 Å². The lowest BCUT2D eigenvalue weighted by molar-refractivity contribution is 1.15. The fourth-order valence-electron chi connectivity index (χ4n) is 2.13. The van der Waals surface area contributed by atoms with Gasteiger partial charge < -0.3 is 0 Å². The molecule has 18 heavy (non-hydrogen) atoms. The van der Waals surface area contributed by atoms with E-state index >= 15 is 0 Å². The van der Waals surface area contributed by atoms with E-state index in [4.69, 9.17) is 0 Å². The van der Waals surface area contributed by atoms with Crippen LogP contribution in [0.15, 0.2) is 49.2 Å². The molecule has 3 nitrogen and oxygen atoms in total. The molecule has 3 aromatic rings. The Morgan fingerprint density at radius 2 is 1.89 bits per heavy atom. The molecule has 0 unspecified atom stereocenters. The zero-order valence-electron chi connectivity index (χ0n) is 10.2. The first-order valence-electron chi connectivity index (χ1n) is 6.01. The zero-order chi connectivity index (χ0) is 12.4. The van der Waals surface area contributed by atoms with E-state index in [0.717, 1.165) is 17.7 Å². The van der Waals surface area contributed by atoms with Crippen molar-refractivity contribution >= 4 is 10.8 Å².